The van der Waals surface area contributed by atoms with Crippen molar-refractivity contribution >= 4 is 28.1 Å². The number of rotatable bonds is 1. The summed E-state index contributed by atoms with van der Waals surface area (Å²) in [4.78, 5) is 20.6. The molecule has 0 spiro atoms. The maximum atomic E-state index is 12.8. The maximum absolute atomic E-state index is 12.8. The second kappa shape index (κ2) is 4.97. The van der Waals surface area contributed by atoms with Gasteiger partial charge in [0.25, 0.3) is 5.91 Å². The van der Waals surface area contributed by atoms with E-state index in [-0.39, 0.29) is 5.91 Å². The number of carbonyl (C=O) groups is 1. The second-order valence-corrected chi connectivity index (χ2v) is 6.23. The molecule has 0 saturated heterocycles. The quantitative estimate of drug-likeness (QED) is 0.688. The lowest BCUT2D eigenvalue weighted by atomic mass is 10.1. The Kier molecular flexibility index (Phi) is 2.97. The zero-order valence-electron chi connectivity index (χ0n) is 11.5. The van der Waals surface area contributed by atoms with Gasteiger partial charge in [-0.15, -0.1) is 11.3 Å². The van der Waals surface area contributed by atoms with Crippen LogP contribution in [0.3, 0.4) is 0 Å². The van der Waals surface area contributed by atoms with Gasteiger partial charge in [-0.3, -0.25) is 9.78 Å². The van der Waals surface area contributed by atoms with E-state index in [4.69, 9.17) is 0 Å². The van der Waals surface area contributed by atoms with Crippen LogP contribution in [0.2, 0.25) is 0 Å². The molecule has 3 aromatic rings. The van der Waals surface area contributed by atoms with E-state index in [2.05, 4.69) is 16.4 Å². The first kappa shape index (κ1) is 12.5. The highest BCUT2D eigenvalue weighted by atomic mass is 32.1. The normalized spacial score (nSPS) is 14.2. The Morgan fingerprint density at radius 1 is 1.19 bits per heavy atom. The number of fused-ring (bicyclic) bond motifs is 2. The standard InChI is InChI=1S/C17H14N2OS/c20-17(19-9-6-15-13(11-19)7-10-21-15)14-5-1-3-12-4-2-8-18-16(12)14/h1-5,7-8,10H,6,9,11H2. The molecule has 4 heteroatoms. The Labute approximate surface area is 126 Å². The van der Waals surface area contributed by atoms with E-state index in [1.165, 1.54) is 10.4 Å². The first-order chi connectivity index (χ1) is 10.3. The fraction of sp³-hybridized carbons (Fsp3) is 0.176. The van der Waals surface area contributed by atoms with Gasteiger partial charge >= 0.3 is 0 Å². The summed E-state index contributed by atoms with van der Waals surface area (Å²) in [7, 11) is 0. The molecular weight excluding hydrogens is 280 g/mol. The number of pyridine rings is 1. The average Bonchev–Trinajstić information content (AvgIpc) is 3.01. The van der Waals surface area contributed by atoms with Crippen LogP contribution in [-0.4, -0.2) is 22.3 Å². The molecule has 1 aliphatic rings. The monoisotopic (exact) mass is 294 g/mol. The van der Waals surface area contributed by atoms with Crippen molar-refractivity contribution in [3.63, 3.8) is 0 Å². The zero-order valence-corrected chi connectivity index (χ0v) is 12.3. The molecule has 4 rings (SSSR count). The van der Waals surface area contributed by atoms with Crippen molar-refractivity contribution in [3.8, 4) is 0 Å². The molecule has 0 radical (unpaired) electrons. The Morgan fingerprint density at radius 3 is 3.05 bits per heavy atom. The van der Waals surface area contributed by atoms with Crippen molar-refractivity contribution in [2.24, 2.45) is 0 Å². The average molecular weight is 294 g/mol. The van der Waals surface area contributed by atoms with Gasteiger partial charge in [0.1, 0.15) is 0 Å². The third-order valence-corrected chi connectivity index (χ3v) is 4.98. The maximum Gasteiger partial charge on any atom is 0.256 e. The molecule has 21 heavy (non-hydrogen) atoms. The van der Waals surface area contributed by atoms with Crippen LogP contribution in [0.1, 0.15) is 20.8 Å². The number of benzene rings is 1. The molecule has 0 saturated carbocycles. The Bertz CT molecular complexity index is 819. The molecule has 3 heterocycles. The van der Waals surface area contributed by atoms with Crippen molar-refractivity contribution in [2.45, 2.75) is 13.0 Å². The fourth-order valence-corrected chi connectivity index (χ4v) is 3.76. The topological polar surface area (TPSA) is 33.2 Å². The molecule has 1 amide bonds. The molecule has 1 aliphatic heterocycles. The van der Waals surface area contributed by atoms with Crippen molar-refractivity contribution < 1.29 is 4.79 Å². The van der Waals surface area contributed by atoms with Gasteiger partial charge in [-0.1, -0.05) is 18.2 Å². The highest BCUT2D eigenvalue weighted by Crippen LogP contribution is 2.26. The van der Waals surface area contributed by atoms with E-state index in [0.717, 1.165) is 23.9 Å². The van der Waals surface area contributed by atoms with Crippen LogP contribution in [0, 0.1) is 0 Å². The number of hydrogen-bond acceptors (Lipinski definition) is 3. The Morgan fingerprint density at radius 2 is 2.10 bits per heavy atom. The number of amides is 1. The van der Waals surface area contributed by atoms with Gasteiger partial charge in [0.05, 0.1) is 11.1 Å². The van der Waals surface area contributed by atoms with Crippen LogP contribution in [0.15, 0.2) is 48.0 Å². The lowest BCUT2D eigenvalue weighted by molar-refractivity contribution is 0.0737. The number of aromatic nitrogens is 1. The van der Waals surface area contributed by atoms with Crippen LogP contribution in [0.5, 0.6) is 0 Å². The van der Waals surface area contributed by atoms with Gasteiger partial charge in [0.15, 0.2) is 0 Å². The summed E-state index contributed by atoms with van der Waals surface area (Å²) >= 11 is 1.79. The first-order valence-electron chi connectivity index (χ1n) is 7.01. The summed E-state index contributed by atoms with van der Waals surface area (Å²) in [6.07, 6.45) is 2.70. The highest BCUT2D eigenvalue weighted by molar-refractivity contribution is 7.10. The summed E-state index contributed by atoms with van der Waals surface area (Å²) in [5.41, 5.74) is 2.78. The minimum Gasteiger partial charge on any atom is -0.334 e. The lowest BCUT2D eigenvalue weighted by Crippen LogP contribution is -2.35. The van der Waals surface area contributed by atoms with E-state index in [9.17, 15) is 4.79 Å². The number of nitrogens with zero attached hydrogens (tertiary/aromatic N) is 2. The van der Waals surface area contributed by atoms with E-state index in [1.54, 1.807) is 17.5 Å². The molecule has 0 aliphatic carbocycles. The SMILES string of the molecule is O=C(c1cccc2cccnc12)N1CCc2sccc2C1. The van der Waals surface area contributed by atoms with Crippen molar-refractivity contribution in [3.05, 3.63) is 64.0 Å². The van der Waals surface area contributed by atoms with Gasteiger partial charge in [-0.05, 0) is 35.6 Å². The largest absolute Gasteiger partial charge is 0.334 e. The summed E-state index contributed by atoms with van der Waals surface area (Å²) in [5, 5.41) is 3.12. The fourth-order valence-electron chi connectivity index (χ4n) is 2.87. The van der Waals surface area contributed by atoms with Gasteiger partial charge < -0.3 is 4.90 Å². The molecule has 0 fully saturated rings. The molecule has 3 nitrogen and oxygen atoms in total. The molecule has 104 valence electrons. The number of carbonyl (C=O) groups excluding carboxylic acids is 1. The van der Waals surface area contributed by atoms with Crippen molar-refractivity contribution in [1.82, 2.24) is 9.88 Å². The molecule has 2 aromatic heterocycles. The Hall–Kier alpha value is -2.20. The summed E-state index contributed by atoms with van der Waals surface area (Å²) < 4.78 is 0. The zero-order chi connectivity index (χ0) is 14.2. The Balaban J connectivity index is 1.71. The van der Waals surface area contributed by atoms with Crippen molar-refractivity contribution in [1.29, 1.82) is 0 Å². The molecule has 0 atom stereocenters. The third-order valence-electron chi connectivity index (χ3n) is 3.96. The second-order valence-electron chi connectivity index (χ2n) is 5.23. The number of hydrogen-bond donors (Lipinski definition) is 0. The highest BCUT2D eigenvalue weighted by Gasteiger charge is 2.23. The van der Waals surface area contributed by atoms with Crippen LogP contribution in [0.4, 0.5) is 0 Å². The van der Waals surface area contributed by atoms with Crippen LogP contribution >= 0.6 is 11.3 Å². The smallest absolute Gasteiger partial charge is 0.256 e. The van der Waals surface area contributed by atoms with Gasteiger partial charge in [-0.25, -0.2) is 0 Å². The van der Waals surface area contributed by atoms with Crippen molar-refractivity contribution in [2.75, 3.05) is 6.54 Å². The van der Waals surface area contributed by atoms with Gasteiger partial charge in [-0.2, -0.15) is 0 Å². The van der Waals surface area contributed by atoms with Gasteiger partial charge in [0.2, 0.25) is 0 Å². The number of para-hydroxylation sites is 1. The minimum atomic E-state index is 0.0798. The van der Waals surface area contributed by atoms with E-state index in [1.807, 2.05) is 35.2 Å². The van der Waals surface area contributed by atoms with Crippen LogP contribution < -0.4 is 0 Å². The van der Waals surface area contributed by atoms with Gasteiger partial charge in [0, 0.05) is 29.5 Å². The molecule has 0 unspecified atom stereocenters. The molecular formula is C17H14N2OS. The predicted octanol–water partition coefficient (Wildman–Crippen LogP) is 3.49. The first-order valence-corrected chi connectivity index (χ1v) is 7.89. The molecule has 0 N–H and O–H groups in total. The molecule has 0 bridgehead atoms. The van der Waals surface area contributed by atoms with E-state index < -0.39 is 0 Å². The van der Waals surface area contributed by atoms with Crippen LogP contribution in [0.25, 0.3) is 10.9 Å². The van der Waals surface area contributed by atoms with E-state index in [0.29, 0.717) is 12.1 Å². The summed E-state index contributed by atoms with van der Waals surface area (Å²) in [6.45, 7) is 1.50. The minimum absolute atomic E-state index is 0.0798. The molecule has 1 aromatic carbocycles. The predicted molar refractivity (Wildman–Crippen MR) is 84.5 cm³/mol. The van der Waals surface area contributed by atoms with Crippen LogP contribution in [-0.2, 0) is 13.0 Å². The number of thiophene rings is 1. The summed E-state index contributed by atoms with van der Waals surface area (Å²) in [5.74, 6) is 0.0798. The summed E-state index contributed by atoms with van der Waals surface area (Å²) in [6, 6.07) is 11.8. The van der Waals surface area contributed by atoms with E-state index >= 15 is 0 Å². The third kappa shape index (κ3) is 2.12. The lowest BCUT2D eigenvalue weighted by Gasteiger charge is -2.27.